The van der Waals surface area contributed by atoms with Gasteiger partial charge in [-0.25, -0.2) is 5.48 Å². The molecular weight excluding hydrogens is 378 g/mol. The zero-order valence-corrected chi connectivity index (χ0v) is 16.7. The molecule has 0 aliphatic carbocycles. The fourth-order valence-electron chi connectivity index (χ4n) is 2.43. The molecule has 1 heterocycles. The number of rotatable bonds is 8. The van der Waals surface area contributed by atoms with Crippen LogP contribution in [0, 0.1) is 6.92 Å². The molecule has 0 aliphatic heterocycles. The van der Waals surface area contributed by atoms with Crippen molar-refractivity contribution in [2.45, 2.75) is 20.3 Å². The molecule has 0 spiro atoms. The number of ether oxygens (including phenoxy) is 2. The molecule has 3 aromatic rings. The molecule has 0 fully saturated rings. The lowest BCUT2D eigenvalue weighted by Crippen LogP contribution is -2.23. The predicted molar refractivity (Wildman–Crippen MR) is 106 cm³/mol. The third-order valence-electron chi connectivity index (χ3n) is 3.86. The molecule has 0 saturated carbocycles. The van der Waals surface area contributed by atoms with Gasteiger partial charge in [0.15, 0.2) is 17.3 Å². The molecule has 2 aromatic carbocycles. The molecule has 0 aliphatic rings. The van der Waals surface area contributed by atoms with E-state index in [0.29, 0.717) is 41.1 Å². The Labute approximate surface area is 167 Å². The first-order chi connectivity index (χ1) is 13.6. The van der Waals surface area contributed by atoms with Crippen molar-refractivity contribution in [2.75, 3.05) is 13.7 Å². The topological polar surface area (TPSA) is 82.6 Å². The van der Waals surface area contributed by atoms with Gasteiger partial charge in [-0.15, -0.1) is 0 Å². The summed E-state index contributed by atoms with van der Waals surface area (Å²) >= 11 is 1.15. The van der Waals surface area contributed by atoms with Crippen LogP contribution >= 0.6 is 11.5 Å². The molecule has 1 aromatic heterocycles. The van der Waals surface area contributed by atoms with Gasteiger partial charge in [0.05, 0.1) is 13.7 Å². The van der Waals surface area contributed by atoms with Gasteiger partial charge in [-0.1, -0.05) is 29.8 Å². The molecule has 3 rings (SSSR count). The Kier molecular flexibility index (Phi) is 6.57. The number of benzene rings is 2. The summed E-state index contributed by atoms with van der Waals surface area (Å²) in [5, 5.41) is 0.378. The number of carbonyl (C=O) groups excluding carboxylic acids is 1. The number of amides is 1. The Hall–Kier alpha value is -2.97. The van der Waals surface area contributed by atoms with Crippen molar-refractivity contribution >= 4 is 17.4 Å². The highest BCUT2D eigenvalue weighted by molar-refractivity contribution is 7.07. The lowest BCUT2D eigenvalue weighted by Gasteiger charge is -2.10. The fourth-order valence-corrected chi connectivity index (χ4v) is 2.99. The molecule has 8 heteroatoms. The van der Waals surface area contributed by atoms with E-state index in [9.17, 15) is 4.79 Å². The van der Waals surface area contributed by atoms with Gasteiger partial charge in [-0.05, 0) is 37.6 Å². The number of nitrogens with one attached hydrogen (secondary N) is 1. The highest BCUT2D eigenvalue weighted by atomic mass is 32.1. The highest BCUT2D eigenvalue weighted by Gasteiger charge is 2.14. The van der Waals surface area contributed by atoms with E-state index in [1.807, 2.05) is 6.92 Å². The van der Waals surface area contributed by atoms with Crippen LogP contribution in [0.15, 0.2) is 42.5 Å². The second-order valence-corrected chi connectivity index (χ2v) is 6.69. The number of methoxy groups -OCH3 is 1. The van der Waals surface area contributed by atoms with Crippen molar-refractivity contribution in [2.24, 2.45) is 0 Å². The summed E-state index contributed by atoms with van der Waals surface area (Å²) < 4.78 is 15.5. The van der Waals surface area contributed by atoms with Crippen LogP contribution in [0.1, 0.15) is 34.2 Å². The van der Waals surface area contributed by atoms with Crippen LogP contribution in [0.2, 0.25) is 0 Å². The maximum atomic E-state index is 12.1. The minimum absolute atomic E-state index is 0.369. The Morgan fingerprint density at radius 3 is 2.64 bits per heavy atom. The first-order valence-corrected chi connectivity index (χ1v) is 9.52. The quantitative estimate of drug-likeness (QED) is 0.578. The van der Waals surface area contributed by atoms with Crippen molar-refractivity contribution in [3.8, 4) is 16.7 Å². The van der Waals surface area contributed by atoms with Gasteiger partial charge in [-0.2, -0.15) is 9.36 Å². The largest absolute Gasteiger partial charge is 0.493 e. The SMILES string of the molecule is CCONC(=O)c1ccc(OC)c(Oc2nc(Cc3ccc(C)cc3)ns2)c1. The van der Waals surface area contributed by atoms with Crippen molar-refractivity contribution in [3.05, 3.63) is 65.0 Å². The Morgan fingerprint density at radius 2 is 1.93 bits per heavy atom. The van der Waals surface area contributed by atoms with E-state index in [0.717, 1.165) is 17.1 Å². The van der Waals surface area contributed by atoms with E-state index in [1.165, 1.54) is 12.7 Å². The van der Waals surface area contributed by atoms with Gasteiger partial charge in [0.25, 0.3) is 11.1 Å². The molecule has 0 radical (unpaired) electrons. The number of hydroxylamine groups is 1. The summed E-state index contributed by atoms with van der Waals surface area (Å²) in [6, 6.07) is 13.1. The maximum Gasteiger partial charge on any atom is 0.298 e. The number of carbonyl (C=O) groups is 1. The first-order valence-electron chi connectivity index (χ1n) is 8.75. The van der Waals surface area contributed by atoms with Gasteiger partial charge in [0.1, 0.15) is 0 Å². The predicted octanol–water partition coefficient (Wildman–Crippen LogP) is 3.92. The smallest absolute Gasteiger partial charge is 0.298 e. The van der Waals surface area contributed by atoms with Crippen LogP contribution in [-0.4, -0.2) is 29.0 Å². The van der Waals surface area contributed by atoms with Gasteiger partial charge in [-0.3, -0.25) is 9.63 Å². The van der Waals surface area contributed by atoms with Crippen molar-refractivity contribution < 1.29 is 19.1 Å². The number of hydrogen-bond acceptors (Lipinski definition) is 7. The number of nitrogens with zero attached hydrogens (tertiary/aromatic N) is 2. The van der Waals surface area contributed by atoms with Gasteiger partial charge >= 0.3 is 0 Å². The van der Waals surface area contributed by atoms with Crippen LogP contribution in [0.3, 0.4) is 0 Å². The van der Waals surface area contributed by atoms with Gasteiger partial charge in [0, 0.05) is 23.5 Å². The minimum atomic E-state index is -0.369. The molecule has 1 amide bonds. The van der Waals surface area contributed by atoms with Gasteiger partial charge in [0.2, 0.25) is 0 Å². The lowest BCUT2D eigenvalue weighted by atomic mass is 10.1. The standard InChI is InChI=1S/C20H21N3O4S/c1-4-26-22-19(24)15-9-10-16(25-3)17(12-15)27-20-21-18(23-28-20)11-14-7-5-13(2)6-8-14/h5-10,12H,4,11H2,1-3H3,(H,22,24). The van der Waals surface area contributed by atoms with E-state index in [1.54, 1.807) is 25.1 Å². The average Bonchev–Trinajstić information content (AvgIpc) is 3.14. The summed E-state index contributed by atoms with van der Waals surface area (Å²) in [5.41, 5.74) is 5.07. The van der Waals surface area contributed by atoms with E-state index >= 15 is 0 Å². The zero-order chi connectivity index (χ0) is 19.9. The van der Waals surface area contributed by atoms with Crippen LogP contribution in [0.5, 0.6) is 16.7 Å². The Morgan fingerprint density at radius 1 is 1.14 bits per heavy atom. The lowest BCUT2D eigenvalue weighted by molar-refractivity contribution is 0.0364. The molecule has 1 N–H and O–H groups in total. The second-order valence-electron chi connectivity index (χ2n) is 5.97. The summed E-state index contributed by atoms with van der Waals surface area (Å²) in [6.07, 6.45) is 0.619. The first kappa shape index (κ1) is 19.8. The molecule has 0 bridgehead atoms. The number of aryl methyl sites for hydroxylation is 1. The van der Waals surface area contributed by atoms with E-state index in [-0.39, 0.29) is 5.91 Å². The van der Waals surface area contributed by atoms with Crippen LogP contribution in [0.25, 0.3) is 0 Å². The molecule has 28 heavy (non-hydrogen) atoms. The average molecular weight is 399 g/mol. The van der Waals surface area contributed by atoms with Crippen molar-refractivity contribution in [3.63, 3.8) is 0 Å². The summed E-state index contributed by atoms with van der Waals surface area (Å²) in [6.45, 7) is 4.21. The molecule has 0 atom stereocenters. The Balaban J connectivity index is 1.74. The minimum Gasteiger partial charge on any atom is -0.493 e. The summed E-state index contributed by atoms with van der Waals surface area (Å²) in [7, 11) is 1.53. The Bertz CT molecular complexity index is 941. The third-order valence-corrected chi connectivity index (χ3v) is 4.50. The van der Waals surface area contributed by atoms with E-state index in [4.69, 9.17) is 14.3 Å². The number of hydrogen-bond donors (Lipinski definition) is 1. The van der Waals surface area contributed by atoms with E-state index in [2.05, 4.69) is 39.1 Å². The second kappa shape index (κ2) is 9.29. The molecule has 0 unspecified atom stereocenters. The van der Waals surface area contributed by atoms with E-state index < -0.39 is 0 Å². The highest BCUT2D eigenvalue weighted by Crippen LogP contribution is 2.33. The van der Waals surface area contributed by atoms with Crippen LogP contribution in [-0.2, 0) is 11.3 Å². The van der Waals surface area contributed by atoms with Gasteiger partial charge < -0.3 is 9.47 Å². The number of aromatic nitrogens is 2. The maximum absolute atomic E-state index is 12.1. The third kappa shape index (κ3) is 5.05. The normalized spacial score (nSPS) is 10.5. The zero-order valence-electron chi connectivity index (χ0n) is 15.9. The molecule has 0 saturated heterocycles. The molecular formula is C20H21N3O4S. The van der Waals surface area contributed by atoms with Crippen molar-refractivity contribution in [1.29, 1.82) is 0 Å². The molecule has 7 nitrogen and oxygen atoms in total. The fraction of sp³-hybridized carbons (Fsp3) is 0.250. The monoisotopic (exact) mass is 399 g/mol. The van der Waals surface area contributed by atoms with Crippen LogP contribution < -0.4 is 15.0 Å². The summed E-state index contributed by atoms with van der Waals surface area (Å²) in [5.74, 6) is 1.17. The van der Waals surface area contributed by atoms with Crippen molar-refractivity contribution in [1.82, 2.24) is 14.8 Å². The van der Waals surface area contributed by atoms with Crippen LogP contribution in [0.4, 0.5) is 0 Å². The molecule has 146 valence electrons. The summed E-state index contributed by atoms with van der Waals surface area (Å²) in [4.78, 5) is 21.4.